The molecule has 0 aliphatic carbocycles. The lowest BCUT2D eigenvalue weighted by Crippen LogP contribution is -2.53. The Labute approximate surface area is 82.9 Å². The van der Waals surface area contributed by atoms with Gasteiger partial charge in [0.2, 0.25) is 0 Å². The Morgan fingerprint density at radius 1 is 1.58 bits per heavy atom. The summed E-state index contributed by atoms with van der Waals surface area (Å²) < 4.78 is 0. The maximum Gasteiger partial charge on any atom is 0.0195 e. The molecule has 68 valence electrons. The van der Waals surface area contributed by atoms with Gasteiger partial charge in [-0.2, -0.15) is 0 Å². The van der Waals surface area contributed by atoms with Gasteiger partial charge in [0.1, 0.15) is 0 Å². The Morgan fingerprint density at radius 2 is 2.42 bits per heavy atom. The molecule has 1 unspecified atom stereocenters. The van der Waals surface area contributed by atoms with Crippen molar-refractivity contribution in [2.75, 3.05) is 18.4 Å². The summed E-state index contributed by atoms with van der Waals surface area (Å²) in [6.45, 7) is 6.48. The highest BCUT2D eigenvalue weighted by Gasteiger charge is 2.37. The monoisotopic (exact) mass is 229 g/mol. The highest BCUT2D eigenvalue weighted by Crippen LogP contribution is 2.36. The number of nitrogens with zero attached hydrogens (tertiary/aromatic N) is 1. The Morgan fingerprint density at radius 3 is 2.92 bits per heavy atom. The standard InChI is InChI=1S/C10H16BrN/c1-2-8-7-12-4-3-9(8)5-10(12)6-11/h2,8-10H,1,3-7H2/t8-,9-,10+/m0/s1. The molecule has 3 heterocycles. The molecule has 0 radical (unpaired) electrons. The molecule has 0 N–H and O–H groups in total. The molecule has 0 aromatic carbocycles. The van der Waals surface area contributed by atoms with E-state index in [9.17, 15) is 0 Å². The van der Waals surface area contributed by atoms with Crippen molar-refractivity contribution in [2.24, 2.45) is 11.8 Å². The molecule has 3 rings (SSSR count). The Hall–Kier alpha value is 0.180. The third-order valence-electron chi connectivity index (χ3n) is 3.41. The van der Waals surface area contributed by atoms with E-state index in [1.807, 2.05) is 0 Å². The molecular weight excluding hydrogens is 214 g/mol. The fourth-order valence-electron chi connectivity index (χ4n) is 2.61. The Balaban J connectivity index is 2.05. The second-order valence-corrected chi connectivity index (χ2v) is 4.63. The van der Waals surface area contributed by atoms with Gasteiger partial charge in [-0.25, -0.2) is 0 Å². The number of hydrogen-bond donors (Lipinski definition) is 0. The van der Waals surface area contributed by atoms with Gasteiger partial charge in [0.25, 0.3) is 0 Å². The summed E-state index contributed by atoms with van der Waals surface area (Å²) in [7, 11) is 0. The number of rotatable bonds is 2. The van der Waals surface area contributed by atoms with E-state index in [4.69, 9.17) is 0 Å². The van der Waals surface area contributed by atoms with Gasteiger partial charge in [-0.1, -0.05) is 22.0 Å². The minimum absolute atomic E-state index is 0.772. The third kappa shape index (κ3) is 1.35. The summed E-state index contributed by atoms with van der Waals surface area (Å²) >= 11 is 3.59. The molecule has 4 atom stereocenters. The van der Waals surface area contributed by atoms with E-state index in [2.05, 4.69) is 33.5 Å². The molecule has 3 aliphatic rings. The molecule has 12 heavy (non-hydrogen) atoms. The van der Waals surface area contributed by atoms with Crippen LogP contribution in [0.25, 0.3) is 0 Å². The molecule has 0 aromatic rings. The van der Waals surface area contributed by atoms with E-state index < -0.39 is 0 Å². The van der Waals surface area contributed by atoms with Crippen LogP contribution in [-0.2, 0) is 0 Å². The molecule has 0 amide bonds. The van der Waals surface area contributed by atoms with Crippen molar-refractivity contribution in [3.8, 4) is 0 Å². The summed E-state index contributed by atoms with van der Waals surface area (Å²) in [5, 5.41) is 1.15. The maximum absolute atomic E-state index is 3.92. The number of fused-ring (bicyclic) bond motifs is 3. The van der Waals surface area contributed by atoms with Crippen LogP contribution in [-0.4, -0.2) is 29.4 Å². The minimum atomic E-state index is 0.772. The van der Waals surface area contributed by atoms with Crippen LogP contribution in [0, 0.1) is 11.8 Å². The first kappa shape index (κ1) is 8.76. The van der Waals surface area contributed by atoms with Crippen LogP contribution >= 0.6 is 15.9 Å². The predicted octanol–water partition coefficient (Wildman–Crippen LogP) is 2.28. The van der Waals surface area contributed by atoms with Crippen molar-refractivity contribution >= 4 is 15.9 Å². The average molecular weight is 230 g/mol. The van der Waals surface area contributed by atoms with Gasteiger partial charge in [-0.05, 0) is 31.2 Å². The molecular formula is C10H16BrN. The van der Waals surface area contributed by atoms with Gasteiger partial charge in [0.05, 0.1) is 0 Å². The highest BCUT2D eigenvalue weighted by molar-refractivity contribution is 9.09. The SMILES string of the molecule is C=C[C@H]1CN2CC[C@H]1C[C@@H]2CBr. The molecule has 2 bridgehead atoms. The quantitative estimate of drug-likeness (QED) is 0.519. The first-order valence-electron chi connectivity index (χ1n) is 4.77. The zero-order chi connectivity index (χ0) is 8.55. The molecule has 0 saturated carbocycles. The second-order valence-electron chi connectivity index (χ2n) is 3.99. The van der Waals surface area contributed by atoms with Crippen molar-refractivity contribution in [1.29, 1.82) is 0 Å². The summed E-state index contributed by atoms with van der Waals surface area (Å²) in [6, 6.07) is 0.806. The van der Waals surface area contributed by atoms with Gasteiger partial charge in [-0.3, -0.25) is 4.90 Å². The minimum Gasteiger partial charge on any atom is -0.299 e. The van der Waals surface area contributed by atoms with E-state index >= 15 is 0 Å². The Kier molecular flexibility index (Phi) is 2.56. The summed E-state index contributed by atoms with van der Waals surface area (Å²) in [6.07, 6.45) is 4.92. The molecule has 3 fully saturated rings. The molecule has 3 saturated heterocycles. The zero-order valence-electron chi connectivity index (χ0n) is 7.38. The maximum atomic E-state index is 3.92. The first-order valence-corrected chi connectivity index (χ1v) is 5.90. The lowest BCUT2D eigenvalue weighted by molar-refractivity contribution is 0.0304. The van der Waals surface area contributed by atoms with Crippen LogP contribution in [0.15, 0.2) is 12.7 Å². The van der Waals surface area contributed by atoms with Crippen molar-refractivity contribution in [3.05, 3.63) is 12.7 Å². The van der Waals surface area contributed by atoms with Crippen LogP contribution in [0.1, 0.15) is 12.8 Å². The molecule has 3 aliphatic heterocycles. The normalized spacial score (nSPS) is 46.1. The third-order valence-corrected chi connectivity index (χ3v) is 4.16. The van der Waals surface area contributed by atoms with Gasteiger partial charge >= 0.3 is 0 Å². The number of hydrogen-bond acceptors (Lipinski definition) is 1. The van der Waals surface area contributed by atoms with E-state index in [1.54, 1.807) is 0 Å². The topological polar surface area (TPSA) is 3.24 Å². The lowest BCUT2D eigenvalue weighted by atomic mass is 9.76. The van der Waals surface area contributed by atoms with Crippen LogP contribution in [0.5, 0.6) is 0 Å². The van der Waals surface area contributed by atoms with Crippen molar-refractivity contribution < 1.29 is 0 Å². The lowest BCUT2D eigenvalue weighted by Gasteiger charge is -2.48. The fourth-order valence-corrected chi connectivity index (χ4v) is 3.28. The van der Waals surface area contributed by atoms with Gasteiger partial charge in [-0.15, -0.1) is 6.58 Å². The second kappa shape index (κ2) is 3.51. The van der Waals surface area contributed by atoms with Crippen LogP contribution < -0.4 is 0 Å². The highest BCUT2D eigenvalue weighted by atomic mass is 79.9. The van der Waals surface area contributed by atoms with Crippen molar-refractivity contribution in [1.82, 2.24) is 4.90 Å². The number of piperidine rings is 3. The van der Waals surface area contributed by atoms with Crippen LogP contribution in [0.2, 0.25) is 0 Å². The molecule has 0 spiro atoms. The summed E-state index contributed by atoms with van der Waals surface area (Å²) in [5.74, 6) is 1.70. The number of halogens is 1. The van der Waals surface area contributed by atoms with E-state index in [-0.39, 0.29) is 0 Å². The van der Waals surface area contributed by atoms with E-state index in [0.717, 1.165) is 23.2 Å². The first-order chi connectivity index (χ1) is 5.85. The van der Waals surface area contributed by atoms with Gasteiger partial charge < -0.3 is 0 Å². The van der Waals surface area contributed by atoms with E-state index in [0.29, 0.717) is 0 Å². The van der Waals surface area contributed by atoms with Gasteiger partial charge in [0, 0.05) is 17.9 Å². The fraction of sp³-hybridized carbons (Fsp3) is 0.800. The zero-order valence-corrected chi connectivity index (χ0v) is 8.96. The average Bonchev–Trinajstić information content (AvgIpc) is 2.18. The summed E-state index contributed by atoms with van der Waals surface area (Å²) in [5.41, 5.74) is 0. The van der Waals surface area contributed by atoms with Crippen LogP contribution in [0.3, 0.4) is 0 Å². The molecule has 1 nitrogen and oxygen atoms in total. The summed E-state index contributed by atoms with van der Waals surface area (Å²) in [4.78, 5) is 2.61. The van der Waals surface area contributed by atoms with Crippen molar-refractivity contribution in [3.63, 3.8) is 0 Å². The van der Waals surface area contributed by atoms with Gasteiger partial charge in [0.15, 0.2) is 0 Å². The largest absolute Gasteiger partial charge is 0.299 e. The van der Waals surface area contributed by atoms with Crippen LogP contribution in [0.4, 0.5) is 0 Å². The molecule has 0 aromatic heterocycles. The van der Waals surface area contributed by atoms with E-state index in [1.165, 1.54) is 25.9 Å². The molecule has 2 heteroatoms. The smallest absolute Gasteiger partial charge is 0.0195 e. The van der Waals surface area contributed by atoms with Crippen molar-refractivity contribution in [2.45, 2.75) is 18.9 Å². The predicted molar refractivity (Wildman–Crippen MR) is 55.6 cm³/mol. The Bertz CT molecular complexity index is 181. The number of alkyl halides is 1.